The van der Waals surface area contributed by atoms with Crippen molar-refractivity contribution in [2.75, 3.05) is 32.1 Å². The molecule has 1 unspecified atom stereocenters. The van der Waals surface area contributed by atoms with Crippen LogP contribution in [0.25, 0.3) is 0 Å². The summed E-state index contributed by atoms with van der Waals surface area (Å²) in [6, 6.07) is 8.72. The molecule has 158 valence electrons. The highest BCUT2D eigenvalue weighted by Crippen LogP contribution is 2.31. The molecule has 0 spiro atoms. The van der Waals surface area contributed by atoms with Crippen LogP contribution in [0, 0.1) is 0 Å². The second-order valence-electron chi connectivity index (χ2n) is 6.06. The van der Waals surface area contributed by atoms with Crippen molar-refractivity contribution in [2.24, 2.45) is 4.99 Å². The Labute approximate surface area is 183 Å². The number of nitrogens with one attached hydrogen (secondary N) is 3. The van der Waals surface area contributed by atoms with Gasteiger partial charge in [0.25, 0.3) is 0 Å². The summed E-state index contributed by atoms with van der Waals surface area (Å²) in [6.45, 7) is 1.36. The van der Waals surface area contributed by atoms with Gasteiger partial charge in [-0.15, -0.1) is 24.0 Å². The molecule has 1 aromatic carbocycles. The van der Waals surface area contributed by atoms with Gasteiger partial charge >= 0.3 is 6.18 Å². The van der Waals surface area contributed by atoms with Crippen LogP contribution in [0.4, 0.5) is 19.1 Å². The molecule has 0 amide bonds. The van der Waals surface area contributed by atoms with E-state index in [0.717, 1.165) is 30.0 Å². The molecule has 2 aromatic rings. The summed E-state index contributed by atoms with van der Waals surface area (Å²) in [6.07, 6.45) is -2.62. The van der Waals surface area contributed by atoms with Crippen LogP contribution in [0.1, 0.15) is 23.7 Å². The number of fused-ring (bicyclic) bond motifs is 1. The number of hydrogen-bond acceptors (Lipinski definition) is 5. The molecule has 11 heteroatoms. The zero-order chi connectivity index (χ0) is 20.0. The Kier molecular flexibility index (Phi) is 8.29. The van der Waals surface area contributed by atoms with Crippen LogP contribution in [0.3, 0.4) is 0 Å². The molecule has 0 saturated carbocycles. The first-order valence-corrected chi connectivity index (χ1v) is 8.80. The van der Waals surface area contributed by atoms with Crippen molar-refractivity contribution >= 4 is 35.9 Å². The van der Waals surface area contributed by atoms with Gasteiger partial charge in [0.15, 0.2) is 5.96 Å². The second kappa shape index (κ2) is 10.5. The molecule has 1 aliphatic rings. The van der Waals surface area contributed by atoms with Crippen LogP contribution in [-0.2, 0) is 6.18 Å². The monoisotopic (exact) mass is 522 g/mol. The number of benzene rings is 1. The third-order valence-electron chi connectivity index (χ3n) is 4.14. The highest BCUT2D eigenvalue weighted by Gasteiger charge is 2.32. The van der Waals surface area contributed by atoms with Crippen LogP contribution in [0.5, 0.6) is 5.75 Å². The first-order chi connectivity index (χ1) is 13.5. The Balaban J connectivity index is 0.00000300. The van der Waals surface area contributed by atoms with Crippen LogP contribution >= 0.6 is 24.0 Å². The molecular formula is C18H22F3IN6O. The average molecular weight is 522 g/mol. The highest BCUT2D eigenvalue weighted by molar-refractivity contribution is 14.0. The zero-order valence-electron chi connectivity index (χ0n) is 15.7. The van der Waals surface area contributed by atoms with Gasteiger partial charge in [-0.25, -0.2) is 9.97 Å². The van der Waals surface area contributed by atoms with Gasteiger partial charge < -0.3 is 20.7 Å². The number of ether oxygens (including phenoxy) is 1. The van der Waals surface area contributed by atoms with Crippen LogP contribution in [-0.4, -0.2) is 42.7 Å². The number of hydrogen-bond donors (Lipinski definition) is 3. The fraction of sp³-hybridized carbons (Fsp3) is 0.389. The Hall–Kier alpha value is -2.31. The molecule has 0 radical (unpaired) electrons. The minimum absolute atomic E-state index is 0. The maximum absolute atomic E-state index is 12.7. The summed E-state index contributed by atoms with van der Waals surface area (Å²) >= 11 is 0. The first-order valence-electron chi connectivity index (χ1n) is 8.80. The smallest absolute Gasteiger partial charge is 0.433 e. The summed E-state index contributed by atoms with van der Waals surface area (Å²) in [5.74, 6) is 1.37. The van der Waals surface area contributed by atoms with E-state index in [1.165, 1.54) is 0 Å². The van der Waals surface area contributed by atoms with Crippen LogP contribution < -0.4 is 20.7 Å². The summed E-state index contributed by atoms with van der Waals surface area (Å²) in [5.41, 5.74) is 0.0841. The number of alkyl halides is 3. The molecule has 1 aromatic heterocycles. The number of nitrogens with zero attached hydrogens (tertiary/aromatic N) is 3. The van der Waals surface area contributed by atoms with Crippen molar-refractivity contribution in [2.45, 2.75) is 18.6 Å². The standard InChI is InChI=1S/C18H21F3N6O.HI/c1-22-16(26-13-7-11-28-14-5-3-2-4-12(13)14)24-9-10-25-17-23-8-6-15(27-17)18(19,20)21;/h2-6,8,13H,7,9-11H2,1H3,(H2,22,24,26)(H,23,25,27);1H. The van der Waals surface area contributed by atoms with Crippen molar-refractivity contribution in [3.05, 3.63) is 47.8 Å². The molecule has 0 aliphatic carbocycles. The number of para-hydroxylation sites is 1. The van der Waals surface area contributed by atoms with Gasteiger partial charge in [-0.2, -0.15) is 13.2 Å². The summed E-state index contributed by atoms with van der Waals surface area (Å²) in [7, 11) is 1.66. The average Bonchev–Trinajstić information content (AvgIpc) is 2.70. The second-order valence-corrected chi connectivity index (χ2v) is 6.06. The Morgan fingerprint density at radius 3 is 2.79 bits per heavy atom. The molecule has 7 nitrogen and oxygen atoms in total. The molecule has 0 saturated heterocycles. The number of guanidine groups is 1. The van der Waals surface area contributed by atoms with Gasteiger partial charge in [-0.05, 0) is 12.1 Å². The number of rotatable bonds is 5. The number of aromatic nitrogens is 2. The maximum atomic E-state index is 12.7. The molecule has 1 aliphatic heterocycles. The van der Waals surface area contributed by atoms with E-state index in [1.807, 2.05) is 24.3 Å². The molecule has 0 fully saturated rings. The Morgan fingerprint density at radius 1 is 1.24 bits per heavy atom. The van der Waals surface area contributed by atoms with E-state index in [4.69, 9.17) is 4.74 Å². The lowest BCUT2D eigenvalue weighted by molar-refractivity contribution is -0.141. The van der Waals surface area contributed by atoms with Gasteiger partial charge in [0.2, 0.25) is 5.95 Å². The van der Waals surface area contributed by atoms with Crippen LogP contribution in [0.2, 0.25) is 0 Å². The largest absolute Gasteiger partial charge is 0.493 e. The topological polar surface area (TPSA) is 83.5 Å². The third kappa shape index (κ3) is 6.34. The van der Waals surface area contributed by atoms with Gasteiger partial charge in [-0.1, -0.05) is 18.2 Å². The minimum atomic E-state index is -4.50. The van der Waals surface area contributed by atoms with Crippen molar-refractivity contribution in [3.63, 3.8) is 0 Å². The Morgan fingerprint density at radius 2 is 2.03 bits per heavy atom. The molecular weight excluding hydrogens is 500 g/mol. The van der Waals surface area contributed by atoms with E-state index < -0.39 is 11.9 Å². The van der Waals surface area contributed by atoms with Crippen LogP contribution in [0.15, 0.2) is 41.5 Å². The van der Waals surface area contributed by atoms with Crippen molar-refractivity contribution < 1.29 is 17.9 Å². The third-order valence-corrected chi connectivity index (χ3v) is 4.14. The lowest BCUT2D eigenvalue weighted by atomic mass is 10.0. The maximum Gasteiger partial charge on any atom is 0.433 e. The number of aliphatic imine (C=N–C) groups is 1. The number of anilines is 1. The van der Waals surface area contributed by atoms with E-state index in [-0.39, 0.29) is 36.0 Å². The van der Waals surface area contributed by atoms with Gasteiger partial charge in [0.1, 0.15) is 11.4 Å². The molecule has 1 atom stereocenters. The quantitative estimate of drug-likeness (QED) is 0.242. The molecule has 29 heavy (non-hydrogen) atoms. The minimum Gasteiger partial charge on any atom is -0.493 e. The fourth-order valence-electron chi connectivity index (χ4n) is 2.81. The van der Waals surface area contributed by atoms with Gasteiger partial charge in [-0.3, -0.25) is 4.99 Å². The fourth-order valence-corrected chi connectivity index (χ4v) is 2.81. The normalized spacial score (nSPS) is 16.1. The summed E-state index contributed by atoms with van der Waals surface area (Å²) in [5, 5.41) is 9.23. The lowest BCUT2D eigenvalue weighted by Crippen LogP contribution is -2.42. The van der Waals surface area contributed by atoms with E-state index in [9.17, 15) is 13.2 Å². The van der Waals surface area contributed by atoms with Crippen molar-refractivity contribution in [1.82, 2.24) is 20.6 Å². The molecule has 3 rings (SSSR count). The van der Waals surface area contributed by atoms with E-state index >= 15 is 0 Å². The zero-order valence-corrected chi connectivity index (χ0v) is 18.0. The first kappa shape index (κ1) is 23.0. The van der Waals surface area contributed by atoms with Crippen molar-refractivity contribution in [1.29, 1.82) is 0 Å². The van der Waals surface area contributed by atoms with E-state index in [2.05, 4.69) is 30.9 Å². The predicted octanol–water partition coefficient (Wildman–Crippen LogP) is 3.21. The summed E-state index contributed by atoms with van der Waals surface area (Å²) < 4.78 is 43.7. The molecule has 3 N–H and O–H groups in total. The number of halogens is 4. The predicted molar refractivity (Wildman–Crippen MR) is 115 cm³/mol. The van der Waals surface area contributed by atoms with Gasteiger partial charge in [0.05, 0.1) is 12.6 Å². The molecule has 0 bridgehead atoms. The lowest BCUT2D eigenvalue weighted by Gasteiger charge is -2.28. The van der Waals surface area contributed by atoms with E-state index in [1.54, 1.807) is 7.05 Å². The van der Waals surface area contributed by atoms with Crippen molar-refractivity contribution in [3.8, 4) is 5.75 Å². The SMILES string of the molecule is CN=C(NCCNc1nccc(C(F)(F)F)n1)NC1CCOc2ccccc21.I. The molecule has 2 heterocycles. The highest BCUT2D eigenvalue weighted by atomic mass is 127. The Bertz CT molecular complexity index is 833. The summed E-state index contributed by atoms with van der Waals surface area (Å²) in [4.78, 5) is 11.5. The van der Waals surface area contributed by atoms with Gasteiger partial charge in [0, 0.05) is 38.3 Å². The van der Waals surface area contributed by atoms with E-state index in [0.29, 0.717) is 25.7 Å².